The minimum absolute atomic E-state index is 0.276. The second-order valence-electron chi connectivity index (χ2n) is 5.76. The molecule has 0 aliphatic heterocycles. The van der Waals surface area contributed by atoms with Gasteiger partial charge in [0.2, 0.25) is 0 Å². The molecular weight excluding hydrogens is 319 g/mol. The monoisotopic (exact) mass is 336 g/mol. The predicted molar refractivity (Wildman–Crippen MR) is 82.4 cm³/mol. The molecule has 0 spiro atoms. The summed E-state index contributed by atoms with van der Waals surface area (Å²) in [7, 11) is 0. The van der Waals surface area contributed by atoms with Gasteiger partial charge < -0.3 is 0 Å². The Hall–Kier alpha value is -0.570. The molecule has 1 heteroatoms. The lowest BCUT2D eigenvalue weighted by Crippen LogP contribution is -2.24. The van der Waals surface area contributed by atoms with E-state index in [4.69, 9.17) is 0 Å². The van der Waals surface area contributed by atoms with Crippen LogP contribution >= 0.6 is 22.6 Å². The van der Waals surface area contributed by atoms with Crippen LogP contribution in [-0.4, -0.2) is 0 Å². The van der Waals surface area contributed by atoms with Crippen molar-refractivity contribution in [1.82, 2.24) is 0 Å². The van der Waals surface area contributed by atoms with Crippen LogP contribution in [0, 0.1) is 12.8 Å². The Kier molecular flexibility index (Phi) is 2.51. The van der Waals surface area contributed by atoms with Crippen LogP contribution in [0.5, 0.6) is 0 Å². The minimum atomic E-state index is 0.276. The molecule has 17 heavy (non-hydrogen) atoms. The molecule has 1 atom stereocenters. The molecule has 0 aromatic heterocycles. The number of rotatable bonds is 0. The van der Waals surface area contributed by atoms with Crippen LogP contribution in [0.25, 0.3) is 5.57 Å². The molecule has 1 aromatic rings. The van der Waals surface area contributed by atoms with E-state index in [2.05, 4.69) is 73.7 Å². The van der Waals surface area contributed by atoms with Crippen molar-refractivity contribution in [2.24, 2.45) is 5.92 Å². The second kappa shape index (κ2) is 3.71. The molecule has 2 aliphatic rings. The van der Waals surface area contributed by atoms with Gasteiger partial charge in [-0.3, -0.25) is 0 Å². The van der Waals surface area contributed by atoms with Gasteiger partial charge in [-0.1, -0.05) is 49.8 Å². The van der Waals surface area contributed by atoms with Gasteiger partial charge in [-0.2, -0.15) is 0 Å². The number of fused-ring (bicyclic) bond motifs is 3. The van der Waals surface area contributed by atoms with Crippen LogP contribution in [0.2, 0.25) is 0 Å². The molecule has 0 fully saturated rings. The van der Waals surface area contributed by atoms with Crippen LogP contribution < -0.4 is 0 Å². The number of benzene rings is 1. The maximum absolute atomic E-state index is 2.47. The van der Waals surface area contributed by atoms with Crippen LogP contribution in [0.3, 0.4) is 0 Å². The topological polar surface area (TPSA) is 0 Å². The van der Waals surface area contributed by atoms with E-state index in [-0.39, 0.29) is 5.41 Å². The van der Waals surface area contributed by atoms with E-state index in [1.165, 1.54) is 26.7 Å². The van der Waals surface area contributed by atoms with Crippen molar-refractivity contribution in [1.29, 1.82) is 0 Å². The molecule has 0 N–H and O–H groups in total. The zero-order valence-electron chi connectivity index (χ0n) is 10.5. The highest BCUT2D eigenvalue weighted by molar-refractivity contribution is 14.1. The van der Waals surface area contributed by atoms with Crippen molar-refractivity contribution in [3.8, 4) is 0 Å². The van der Waals surface area contributed by atoms with Gasteiger partial charge >= 0.3 is 0 Å². The van der Waals surface area contributed by atoms with Gasteiger partial charge in [0, 0.05) is 0 Å². The summed E-state index contributed by atoms with van der Waals surface area (Å²) in [5.41, 5.74) is 6.21. The largest absolute Gasteiger partial charge is 0.0587 e. The lowest BCUT2D eigenvalue weighted by Gasteiger charge is -2.30. The van der Waals surface area contributed by atoms with E-state index in [1.54, 1.807) is 5.57 Å². The van der Waals surface area contributed by atoms with E-state index in [0.29, 0.717) is 5.92 Å². The summed E-state index contributed by atoms with van der Waals surface area (Å²) < 4.78 is 1.48. The third-order valence-electron chi connectivity index (χ3n) is 4.27. The van der Waals surface area contributed by atoms with Crippen molar-refractivity contribution >= 4 is 28.2 Å². The zero-order chi connectivity index (χ0) is 12.2. The molecule has 1 aromatic carbocycles. The highest BCUT2D eigenvalue weighted by Gasteiger charge is 2.43. The molecule has 0 saturated heterocycles. The third kappa shape index (κ3) is 1.62. The molecule has 88 valence electrons. The number of halogens is 1. The van der Waals surface area contributed by atoms with E-state index < -0.39 is 0 Å². The quantitative estimate of drug-likeness (QED) is 0.584. The Bertz CT molecular complexity index is 547. The van der Waals surface area contributed by atoms with Gasteiger partial charge in [0.25, 0.3) is 0 Å². The molecular formula is C16H17I. The fourth-order valence-electron chi connectivity index (χ4n) is 3.22. The van der Waals surface area contributed by atoms with Gasteiger partial charge in [-0.15, -0.1) is 0 Å². The normalized spacial score (nSPS) is 24.8. The lowest BCUT2D eigenvalue weighted by atomic mass is 9.74. The smallest absolute Gasteiger partial charge is 0.00189 e. The molecule has 0 nitrogen and oxygen atoms in total. The fraction of sp³-hybridized carbons (Fsp3) is 0.375. The van der Waals surface area contributed by atoms with Gasteiger partial charge in [0.1, 0.15) is 0 Å². The summed E-state index contributed by atoms with van der Waals surface area (Å²) >= 11 is 2.47. The highest BCUT2D eigenvalue weighted by atomic mass is 127. The summed E-state index contributed by atoms with van der Waals surface area (Å²) in [6.07, 6.45) is 5.81. The minimum Gasteiger partial charge on any atom is -0.0587 e. The van der Waals surface area contributed by atoms with E-state index in [9.17, 15) is 0 Å². The molecule has 0 saturated carbocycles. The average molecular weight is 336 g/mol. The van der Waals surface area contributed by atoms with Gasteiger partial charge in [0.05, 0.1) is 0 Å². The number of hydrogen-bond donors (Lipinski definition) is 0. The molecule has 0 amide bonds. The zero-order valence-corrected chi connectivity index (χ0v) is 12.7. The maximum Gasteiger partial charge on any atom is -0.00189 e. The Balaban J connectivity index is 2.24. The summed E-state index contributed by atoms with van der Waals surface area (Å²) in [6, 6.07) is 6.92. The lowest BCUT2D eigenvalue weighted by molar-refractivity contribution is 0.413. The maximum atomic E-state index is 2.47. The first-order chi connectivity index (χ1) is 8.00. The van der Waals surface area contributed by atoms with Crippen molar-refractivity contribution < 1.29 is 0 Å². The molecule has 0 heterocycles. The number of aryl methyl sites for hydroxylation is 1. The number of allylic oxidation sites excluding steroid dienone is 4. The van der Waals surface area contributed by atoms with Gasteiger partial charge in [-0.05, 0) is 67.5 Å². The van der Waals surface area contributed by atoms with E-state index >= 15 is 0 Å². The first-order valence-corrected chi connectivity index (χ1v) is 7.26. The predicted octanol–water partition coefficient (Wildman–Crippen LogP) is 5.01. The summed E-state index contributed by atoms with van der Waals surface area (Å²) in [5.74, 6) is 0.663. The van der Waals surface area contributed by atoms with Gasteiger partial charge in [-0.25, -0.2) is 0 Å². The van der Waals surface area contributed by atoms with E-state index in [0.717, 1.165) is 0 Å². The highest BCUT2D eigenvalue weighted by Crippen LogP contribution is 2.54. The van der Waals surface area contributed by atoms with Crippen molar-refractivity contribution in [2.45, 2.75) is 32.6 Å². The van der Waals surface area contributed by atoms with Crippen molar-refractivity contribution in [3.63, 3.8) is 0 Å². The molecule has 3 rings (SSSR count). The van der Waals surface area contributed by atoms with Gasteiger partial charge in [0.15, 0.2) is 0 Å². The van der Waals surface area contributed by atoms with Crippen molar-refractivity contribution in [2.75, 3.05) is 0 Å². The van der Waals surface area contributed by atoms with Crippen molar-refractivity contribution in [3.05, 3.63) is 50.6 Å². The summed E-state index contributed by atoms with van der Waals surface area (Å²) in [4.78, 5) is 0. The van der Waals surface area contributed by atoms with Crippen LogP contribution in [0.15, 0.2) is 33.9 Å². The second-order valence-corrected chi connectivity index (χ2v) is 7.15. The summed E-state index contributed by atoms with van der Waals surface area (Å²) in [6.45, 7) is 6.98. The van der Waals surface area contributed by atoms with Crippen LogP contribution in [0.1, 0.15) is 37.0 Å². The molecule has 0 bridgehead atoms. The van der Waals surface area contributed by atoms with Crippen LogP contribution in [-0.2, 0) is 5.41 Å². The fourth-order valence-corrected chi connectivity index (χ4v) is 3.84. The Morgan fingerprint density at radius 3 is 2.76 bits per heavy atom. The first-order valence-electron chi connectivity index (χ1n) is 6.18. The average Bonchev–Trinajstić information content (AvgIpc) is 2.49. The van der Waals surface area contributed by atoms with Crippen LogP contribution in [0.4, 0.5) is 0 Å². The first kappa shape index (κ1) is 11.5. The van der Waals surface area contributed by atoms with E-state index in [1.807, 2.05) is 0 Å². The standard InChI is InChI=1S/C16H17I/c1-10-4-6-12-13-7-5-11(17)9-15(13)16(2,3)14(12)8-10/h4-8,15H,9H2,1-3H3. The molecule has 0 radical (unpaired) electrons. The Morgan fingerprint density at radius 2 is 2.00 bits per heavy atom. The Labute approximate surface area is 117 Å². The third-order valence-corrected chi connectivity index (χ3v) is 5.07. The number of hydrogen-bond acceptors (Lipinski definition) is 0. The summed E-state index contributed by atoms with van der Waals surface area (Å²) in [5, 5.41) is 0. The Morgan fingerprint density at radius 1 is 1.24 bits per heavy atom. The molecule has 2 aliphatic carbocycles. The molecule has 1 unspecified atom stereocenters. The SMILES string of the molecule is Cc1ccc2c(c1)C(C)(C)C1CC(I)=CC=C21.